The Hall–Kier alpha value is -1.27. The Kier molecular flexibility index (Phi) is 5.87. The molecule has 0 spiro atoms. The highest BCUT2D eigenvalue weighted by Crippen LogP contribution is 2.53. The molecule has 1 N–H and O–H groups in total. The minimum Gasteiger partial charge on any atom is -0.463 e. The van der Waals surface area contributed by atoms with E-state index >= 15 is 0 Å². The Morgan fingerprint density at radius 3 is 2.18 bits per heavy atom. The molecule has 1 aliphatic rings. The van der Waals surface area contributed by atoms with Crippen LogP contribution in [0.2, 0.25) is 0 Å². The van der Waals surface area contributed by atoms with Gasteiger partial charge in [0.1, 0.15) is 5.60 Å². The molecule has 1 aliphatic carbocycles. The van der Waals surface area contributed by atoms with Crippen LogP contribution in [-0.2, 0) is 9.53 Å². The van der Waals surface area contributed by atoms with E-state index < -0.39 is 5.60 Å². The molecular weight excluding hydrogens is 276 g/mol. The van der Waals surface area contributed by atoms with E-state index in [-0.39, 0.29) is 16.8 Å². The third kappa shape index (κ3) is 3.73. The summed E-state index contributed by atoms with van der Waals surface area (Å²) in [6.07, 6.45) is 5.07. The van der Waals surface area contributed by atoms with Crippen molar-refractivity contribution in [3.8, 4) is 11.8 Å². The minimum absolute atomic E-state index is 0.273. The Morgan fingerprint density at radius 2 is 1.73 bits per heavy atom. The predicted molar refractivity (Wildman–Crippen MR) is 89.1 cm³/mol. The van der Waals surface area contributed by atoms with Gasteiger partial charge in [-0.05, 0) is 26.2 Å². The number of esters is 1. The van der Waals surface area contributed by atoms with Gasteiger partial charge in [0.25, 0.3) is 0 Å². The molecule has 3 nitrogen and oxygen atoms in total. The zero-order valence-corrected chi connectivity index (χ0v) is 14.9. The van der Waals surface area contributed by atoms with E-state index in [1.54, 1.807) is 6.92 Å². The molecule has 124 valence electrons. The average Bonchev–Trinajstić information content (AvgIpc) is 2.41. The van der Waals surface area contributed by atoms with Crippen molar-refractivity contribution in [1.82, 2.24) is 0 Å². The highest BCUT2D eigenvalue weighted by atomic mass is 16.5. The van der Waals surface area contributed by atoms with Gasteiger partial charge in [-0.15, -0.1) is 0 Å². The molecule has 22 heavy (non-hydrogen) atoms. The molecular formula is C19H30O3. The SMILES string of the molecule is CCOC(=O)/C=C(\C#CC1(O)C(C)(C)CCCC1(C)C)CC. The summed E-state index contributed by atoms with van der Waals surface area (Å²) in [7, 11) is 0. The quantitative estimate of drug-likeness (QED) is 0.489. The molecule has 0 heterocycles. The van der Waals surface area contributed by atoms with Crippen molar-refractivity contribution in [1.29, 1.82) is 0 Å². The van der Waals surface area contributed by atoms with Crippen LogP contribution in [-0.4, -0.2) is 23.3 Å². The zero-order valence-electron chi connectivity index (χ0n) is 14.9. The van der Waals surface area contributed by atoms with Gasteiger partial charge in [-0.25, -0.2) is 4.79 Å². The molecule has 1 rings (SSSR count). The zero-order chi connectivity index (χ0) is 17.0. The van der Waals surface area contributed by atoms with E-state index in [1.165, 1.54) is 6.08 Å². The van der Waals surface area contributed by atoms with Crippen molar-refractivity contribution in [2.24, 2.45) is 10.8 Å². The third-order valence-corrected chi connectivity index (χ3v) is 4.93. The first-order chi connectivity index (χ1) is 10.1. The molecule has 0 amide bonds. The maximum Gasteiger partial charge on any atom is 0.331 e. The van der Waals surface area contributed by atoms with Gasteiger partial charge < -0.3 is 9.84 Å². The van der Waals surface area contributed by atoms with Crippen LogP contribution in [0.5, 0.6) is 0 Å². The monoisotopic (exact) mass is 306 g/mol. The first kappa shape index (κ1) is 18.8. The number of rotatable bonds is 3. The van der Waals surface area contributed by atoms with Crippen molar-refractivity contribution >= 4 is 5.97 Å². The highest BCUT2D eigenvalue weighted by molar-refractivity contribution is 5.83. The lowest BCUT2D eigenvalue weighted by Crippen LogP contribution is -2.57. The van der Waals surface area contributed by atoms with E-state index in [9.17, 15) is 9.90 Å². The van der Waals surface area contributed by atoms with Crippen LogP contribution in [0.15, 0.2) is 11.6 Å². The van der Waals surface area contributed by atoms with E-state index in [0.717, 1.165) is 19.3 Å². The fourth-order valence-electron chi connectivity index (χ4n) is 3.31. The number of ether oxygens (including phenoxy) is 1. The van der Waals surface area contributed by atoms with E-state index in [0.29, 0.717) is 18.6 Å². The number of carbonyl (C=O) groups excluding carboxylic acids is 1. The second-order valence-electron chi connectivity index (χ2n) is 7.36. The number of hydrogen-bond acceptors (Lipinski definition) is 3. The molecule has 0 bridgehead atoms. The molecule has 0 aromatic rings. The fourth-order valence-corrected chi connectivity index (χ4v) is 3.31. The lowest BCUT2D eigenvalue weighted by atomic mass is 9.54. The molecule has 0 saturated heterocycles. The molecule has 0 aromatic carbocycles. The number of allylic oxidation sites excluding steroid dienone is 1. The minimum atomic E-state index is -1.07. The largest absolute Gasteiger partial charge is 0.463 e. The van der Waals surface area contributed by atoms with Gasteiger partial charge in [0.15, 0.2) is 0 Å². The van der Waals surface area contributed by atoms with E-state index in [1.807, 2.05) is 6.92 Å². The van der Waals surface area contributed by atoms with Crippen LogP contribution in [0, 0.1) is 22.7 Å². The lowest BCUT2D eigenvalue weighted by Gasteiger charge is -2.53. The van der Waals surface area contributed by atoms with Crippen LogP contribution < -0.4 is 0 Å². The molecule has 0 aliphatic heterocycles. The van der Waals surface area contributed by atoms with Crippen LogP contribution in [0.1, 0.15) is 67.2 Å². The molecule has 3 heteroatoms. The first-order valence-corrected chi connectivity index (χ1v) is 8.22. The topological polar surface area (TPSA) is 46.5 Å². The van der Waals surface area contributed by atoms with Gasteiger partial charge in [0.2, 0.25) is 0 Å². The second-order valence-corrected chi connectivity index (χ2v) is 7.36. The molecule has 1 fully saturated rings. The number of aliphatic hydroxyl groups is 1. The highest BCUT2D eigenvalue weighted by Gasteiger charge is 2.55. The Morgan fingerprint density at radius 1 is 1.18 bits per heavy atom. The number of hydrogen-bond donors (Lipinski definition) is 1. The first-order valence-electron chi connectivity index (χ1n) is 8.22. The Labute approximate surface area is 135 Å². The van der Waals surface area contributed by atoms with Crippen LogP contribution in [0.4, 0.5) is 0 Å². The molecule has 0 atom stereocenters. The van der Waals surface area contributed by atoms with Crippen LogP contribution in [0.3, 0.4) is 0 Å². The Balaban J connectivity index is 3.16. The molecule has 0 aromatic heterocycles. The maximum atomic E-state index is 11.6. The van der Waals surface area contributed by atoms with Crippen molar-refractivity contribution in [3.05, 3.63) is 11.6 Å². The third-order valence-electron chi connectivity index (χ3n) is 4.93. The smallest absolute Gasteiger partial charge is 0.331 e. The second kappa shape index (κ2) is 6.87. The van der Waals surface area contributed by atoms with Crippen molar-refractivity contribution in [2.75, 3.05) is 6.61 Å². The van der Waals surface area contributed by atoms with Crippen molar-refractivity contribution in [2.45, 2.75) is 72.8 Å². The summed E-state index contributed by atoms with van der Waals surface area (Å²) in [5.41, 5.74) is -0.917. The van der Waals surface area contributed by atoms with Crippen LogP contribution >= 0.6 is 0 Å². The average molecular weight is 306 g/mol. The fraction of sp³-hybridized carbons (Fsp3) is 0.737. The Bertz CT molecular complexity index is 485. The summed E-state index contributed by atoms with van der Waals surface area (Å²) in [5, 5.41) is 11.3. The van der Waals surface area contributed by atoms with E-state index in [4.69, 9.17) is 4.74 Å². The maximum absolute atomic E-state index is 11.6. The molecule has 1 saturated carbocycles. The van der Waals surface area contributed by atoms with E-state index in [2.05, 4.69) is 39.5 Å². The van der Waals surface area contributed by atoms with Crippen molar-refractivity contribution in [3.63, 3.8) is 0 Å². The van der Waals surface area contributed by atoms with Gasteiger partial charge >= 0.3 is 5.97 Å². The van der Waals surface area contributed by atoms with Gasteiger partial charge in [-0.3, -0.25) is 0 Å². The van der Waals surface area contributed by atoms with Gasteiger partial charge in [0, 0.05) is 22.5 Å². The predicted octanol–water partition coefficient (Wildman–Crippen LogP) is 3.86. The normalized spacial score (nSPS) is 22.4. The summed E-state index contributed by atoms with van der Waals surface area (Å²) >= 11 is 0. The summed E-state index contributed by atoms with van der Waals surface area (Å²) in [6.45, 7) is 12.4. The number of carbonyl (C=O) groups is 1. The van der Waals surface area contributed by atoms with Gasteiger partial charge in [-0.2, -0.15) is 0 Å². The summed E-state index contributed by atoms with van der Waals surface area (Å²) in [5.74, 6) is 5.77. The van der Waals surface area contributed by atoms with Crippen LogP contribution in [0.25, 0.3) is 0 Å². The lowest BCUT2D eigenvalue weighted by molar-refractivity contribution is -0.137. The summed E-state index contributed by atoms with van der Waals surface area (Å²) < 4.78 is 4.93. The summed E-state index contributed by atoms with van der Waals surface area (Å²) in [6, 6.07) is 0. The van der Waals surface area contributed by atoms with Gasteiger partial charge in [0.05, 0.1) is 6.61 Å². The molecule has 0 unspecified atom stereocenters. The van der Waals surface area contributed by atoms with Gasteiger partial charge in [-0.1, -0.05) is 52.9 Å². The van der Waals surface area contributed by atoms with Crippen molar-refractivity contribution < 1.29 is 14.6 Å². The molecule has 0 radical (unpaired) electrons. The standard InChI is InChI=1S/C19H30O3/c1-7-15(14-16(20)22-8-2)10-13-19(21)17(3,4)11-9-12-18(19,5)6/h14,21H,7-9,11-12H2,1-6H3/b15-14-. The summed E-state index contributed by atoms with van der Waals surface area (Å²) in [4.78, 5) is 11.6.